The zero-order valence-electron chi connectivity index (χ0n) is 18.5. The molecule has 0 bridgehead atoms. The van der Waals surface area contributed by atoms with Crippen LogP contribution in [-0.4, -0.2) is 33.8 Å². The Kier molecular flexibility index (Phi) is 6.23. The Balaban J connectivity index is 1.79. The fourth-order valence-corrected chi connectivity index (χ4v) is 4.16. The lowest BCUT2D eigenvalue weighted by atomic mass is 9.94. The SMILES string of the molecule is CCCN1C(=S)NC(c2ccc(C)cc2)C(c2nc(-c3ccc(OC)c(F)c3)no2)=C1C. The Morgan fingerprint density at radius 1 is 1.19 bits per heavy atom. The second kappa shape index (κ2) is 9.08. The highest BCUT2D eigenvalue weighted by molar-refractivity contribution is 7.80. The van der Waals surface area contributed by atoms with E-state index in [4.69, 9.17) is 21.5 Å². The predicted octanol–water partition coefficient (Wildman–Crippen LogP) is 5.27. The maximum Gasteiger partial charge on any atom is 0.258 e. The minimum atomic E-state index is -0.483. The summed E-state index contributed by atoms with van der Waals surface area (Å²) in [6, 6.07) is 12.6. The second-order valence-corrected chi connectivity index (χ2v) is 8.10. The molecule has 4 rings (SSSR count). The summed E-state index contributed by atoms with van der Waals surface area (Å²) in [5, 5.41) is 8.22. The molecule has 3 aromatic rings. The Morgan fingerprint density at radius 3 is 2.59 bits per heavy atom. The van der Waals surface area contributed by atoms with Gasteiger partial charge in [0.25, 0.3) is 5.89 Å². The van der Waals surface area contributed by atoms with Crippen molar-refractivity contribution in [3.8, 4) is 17.1 Å². The van der Waals surface area contributed by atoms with Crippen LogP contribution in [-0.2, 0) is 0 Å². The van der Waals surface area contributed by atoms with E-state index in [-0.39, 0.29) is 11.8 Å². The normalized spacial score (nSPS) is 16.3. The Labute approximate surface area is 192 Å². The Bertz CT molecular complexity index is 1170. The van der Waals surface area contributed by atoms with Crippen LogP contribution in [0, 0.1) is 12.7 Å². The van der Waals surface area contributed by atoms with Gasteiger partial charge in [-0.15, -0.1) is 0 Å². The van der Waals surface area contributed by atoms with Gasteiger partial charge in [-0.3, -0.25) is 0 Å². The number of aryl methyl sites for hydroxylation is 1. The third-order valence-electron chi connectivity index (χ3n) is 5.52. The van der Waals surface area contributed by atoms with Gasteiger partial charge in [-0.05, 0) is 56.2 Å². The van der Waals surface area contributed by atoms with Gasteiger partial charge in [0, 0.05) is 17.8 Å². The molecule has 0 spiro atoms. The first-order valence-corrected chi connectivity index (χ1v) is 10.9. The number of rotatable bonds is 6. The van der Waals surface area contributed by atoms with E-state index in [1.165, 1.54) is 18.7 Å². The molecule has 2 heterocycles. The topological polar surface area (TPSA) is 63.4 Å². The lowest BCUT2D eigenvalue weighted by Crippen LogP contribution is -2.46. The summed E-state index contributed by atoms with van der Waals surface area (Å²) in [5.74, 6) is 0.355. The molecule has 2 aromatic carbocycles. The number of hydrogen-bond acceptors (Lipinski definition) is 5. The van der Waals surface area contributed by atoms with Gasteiger partial charge in [-0.2, -0.15) is 4.98 Å². The van der Waals surface area contributed by atoms with Crippen molar-refractivity contribution in [2.24, 2.45) is 0 Å². The first-order valence-electron chi connectivity index (χ1n) is 10.5. The lowest BCUT2D eigenvalue weighted by Gasteiger charge is -2.37. The number of nitrogens with one attached hydrogen (secondary N) is 1. The van der Waals surface area contributed by atoms with Crippen molar-refractivity contribution < 1.29 is 13.7 Å². The van der Waals surface area contributed by atoms with Crippen LogP contribution < -0.4 is 10.1 Å². The largest absolute Gasteiger partial charge is 0.494 e. The van der Waals surface area contributed by atoms with Crippen LogP contribution in [0.25, 0.3) is 17.0 Å². The minimum absolute atomic E-state index is 0.163. The molecule has 166 valence electrons. The first kappa shape index (κ1) is 22.0. The van der Waals surface area contributed by atoms with Gasteiger partial charge >= 0.3 is 0 Å². The third-order valence-corrected chi connectivity index (χ3v) is 5.86. The quantitative estimate of drug-likeness (QED) is 0.512. The number of aromatic nitrogens is 2. The molecule has 0 amide bonds. The zero-order chi connectivity index (χ0) is 22.8. The highest BCUT2D eigenvalue weighted by Gasteiger charge is 2.33. The molecular weight excluding hydrogens is 427 g/mol. The van der Waals surface area contributed by atoms with Gasteiger partial charge in [0.1, 0.15) is 0 Å². The number of benzene rings is 2. The number of ether oxygens (including phenoxy) is 1. The summed E-state index contributed by atoms with van der Waals surface area (Å²) in [7, 11) is 1.42. The maximum atomic E-state index is 14.2. The third kappa shape index (κ3) is 4.10. The van der Waals surface area contributed by atoms with E-state index in [9.17, 15) is 4.39 Å². The van der Waals surface area contributed by atoms with Crippen molar-refractivity contribution in [3.63, 3.8) is 0 Å². The molecule has 1 unspecified atom stereocenters. The molecule has 0 fully saturated rings. The van der Waals surface area contributed by atoms with Crippen molar-refractivity contribution in [2.45, 2.75) is 33.2 Å². The van der Waals surface area contributed by atoms with Crippen LogP contribution in [0.2, 0.25) is 0 Å². The van der Waals surface area contributed by atoms with Crippen LogP contribution in [0.5, 0.6) is 5.75 Å². The molecule has 0 saturated carbocycles. The summed E-state index contributed by atoms with van der Waals surface area (Å²) in [4.78, 5) is 6.66. The van der Waals surface area contributed by atoms with Crippen LogP contribution in [0.1, 0.15) is 43.3 Å². The average molecular weight is 453 g/mol. The molecule has 0 saturated heterocycles. The standard InChI is InChI=1S/C24H25FN4O2S/c1-5-12-29-15(3)20(21(26-24(29)32)16-8-6-14(2)7-9-16)23-27-22(28-31-23)17-10-11-19(30-4)18(25)13-17/h6-11,13,21H,5,12H2,1-4H3,(H,26,32). The van der Waals surface area contributed by atoms with Gasteiger partial charge in [0.2, 0.25) is 5.82 Å². The van der Waals surface area contributed by atoms with Crippen LogP contribution >= 0.6 is 12.2 Å². The summed E-state index contributed by atoms with van der Waals surface area (Å²) in [6.07, 6.45) is 0.932. The van der Waals surface area contributed by atoms with E-state index in [0.29, 0.717) is 22.4 Å². The van der Waals surface area contributed by atoms with E-state index in [2.05, 4.69) is 46.6 Å². The smallest absolute Gasteiger partial charge is 0.258 e. The van der Waals surface area contributed by atoms with Gasteiger partial charge in [-0.1, -0.05) is 41.9 Å². The van der Waals surface area contributed by atoms with Crippen molar-refractivity contribution in [2.75, 3.05) is 13.7 Å². The summed E-state index contributed by atoms with van der Waals surface area (Å²) in [6.45, 7) is 6.93. The van der Waals surface area contributed by atoms with Crippen molar-refractivity contribution in [1.29, 1.82) is 0 Å². The van der Waals surface area contributed by atoms with E-state index in [0.717, 1.165) is 29.8 Å². The maximum absolute atomic E-state index is 14.2. The molecule has 1 aliphatic heterocycles. The number of thiocarbonyl (C=S) groups is 1. The lowest BCUT2D eigenvalue weighted by molar-refractivity contribution is 0.386. The fourth-order valence-electron chi connectivity index (χ4n) is 3.82. The minimum Gasteiger partial charge on any atom is -0.494 e. The van der Waals surface area contributed by atoms with Crippen LogP contribution in [0.4, 0.5) is 4.39 Å². The second-order valence-electron chi connectivity index (χ2n) is 7.72. The Hall–Kier alpha value is -3.26. The first-order chi connectivity index (χ1) is 15.4. The van der Waals surface area contributed by atoms with E-state index < -0.39 is 5.82 Å². The highest BCUT2D eigenvalue weighted by atomic mass is 32.1. The number of nitrogens with zero attached hydrogens (tertiary/aromatic N) is 3. The van der Waals surface area contributed by atoms with Gasteiger partial charge < -0.3 is 19.5 Å². The summed E-state index contributed by atoms with van der Waals surface area (Å²) < 4.78 is 24.9. The number of halogens is 1. The number of hydrogen-bond donors (Lipinski definition) is 1. The molecule has 32 heavy (non-hydrogen) atoms. The summed E-state index contributed by atoms with van der Waals surface area (Å²) >= 11 is 5.66. The molecule has 1 aromatic heterocycles. The molecule has 1 aliphatic rings. The van der Waals surface area contributed by atoms with E-state index in [1.807, 2.05) is 18.7 Å². The van der Waals surface area contributed by atoms with Crippen LogP contribution in [0.15, 0.2) is 52.7 Å². The molecule has 1 N–H and O–H groups in total. The van der Waals surface area contributed by atoms with Crippen molar-refractivity contribution in [1.82, 2.24) is 20.4 Å². The Morgan fingerprint density at radius 2 is 1.94 bits per heavy atom. The van der Waals surface area contributed by atoms with Crippen molar-refractivity contribution >= 4 is 22.9 Å². The number of allylic oxidation sites excluding steroid dienone is 1. The zero-order valence-corrected chi connectivity index (χ0v) is 19.3. The van der Waals surface area contributed by atoms with E-state index in [1.54, 1.807) is 12.1 Å². The predicted molar refractivity (Wildman–Crippen MR) is 125 cm³/mol. The molecule has 6 nitrogen and oxygen atoms in total. The molecule has 0 radical (unpaired) electrons. The van der Waals surface area contributed by atoms with Crippen LogP contribution in [0.3, 0.4) is 0 Å². The van der Waals surface area contributed by atoms with Gasteiger partial charge in [0.05, 0.1) is 18.7 Å². The summed E-state index contributed by atoms with van der Waals surface area (Å²) in [5.41, 5.74) is 4.52. The average Bonchev–Trinajstić information content (AvgIpc) is 3.26. The molecule has 0 aliphatic carbocycles. The monoisotopic (exact) mass is 452 g/mol. The highest BCUT2D eigenvalue weighted by Crippen LogP contribution is 2.37. The van der Waals surface area contributed by atoms with Gasteiger partial charge in [-0.25, -0.2) is 4.39 Å². The molecule has 1 atom stereocenters. The fraction of sp³-hybridized carbons (Fsp3) is 0.292. The molecular formula is C24H25FN4O2S. The molecule has 8 heteroatoms. The van der Waals surface area contributed by atoms with Gasteiger partial charge in [0.15, 0.2) is 16.7 Å². The van der Waals surface area contributed by atoms with E-state index >= 15 is 0 Å². The number of methoxy groups -OCH3 is 1. The van der Waals surface area contributed by atoms with Crippen molar-refractivity contribution in [3.05, 3.63) is 71.0 Å².